The second-order valence-electron chi connectivity index (χ2n) is 8.07. The highest BCUT2D eigenvalue weighted by Crippen LogP contribution is 2.36. The summed E-state index contributed by atoms with van der Waals surface area (Å²) in [7, 11) is 1.35. The number of carbonyl (C=O) groups is 3. The minimum Gasteiger partial charge on any atom is -0.496 e. The molecule has 2 unspecified atom stereocenters. The van der Waals surface area contributed by atoms with Gasteiger partial charge in [0.15, 0.2) is 35.7 Å². The molecule has 0 saturated carbocycles. The normalized spacial score (nSPS) is 21.8. The van der Waals surface area contributed by atoms with Crippen LogP contribution in [0.25, 0.3) is 0 Å². The van der Waals surface area contributed by atoms with E-state index < -0.39 is 41.2 Å². The van der Waals surface area contributed by atoms with Gasteiger partial charge in [-0.2, -0.15) is 4.58 Å². The highest BCUT2D eigenvalue weighted by atomic mass is 35.5. The minimum atomic E-state index is -1.55. The number of carboxylic acid groups (broad SMARTS) is 1. The lowest BCUT2D eigenvalue weighted by Crippen LogP contribution is -2.50. The summed E-state index contributed by atoms with van der Waals surface area (Å²) in [6.45, 7) is 3.35. The van der Waals surface area contributed by atoms with E-state index in [2.05, 4.69) is 0 Å². The maximum absolute atomic E-state index is 14.5. The molecule has 0 fully saturated rings. The molecule has 3 atom stereocenters. The van der Waals surface area contributed by atoms with Crippen LogP contribution in [0.15, 0.2) is 41.3 Å². The summed E-state index contributed by atoms with van der Waals surface area (Å²) in [5.41, 5.74) is 0.424. The van der Waals surface area contributed by atoms with E-state index in [9.17, 15) is 29.0 Å². The maximum atomic E-state index is 14.5. The number of halogens is 2. The Morgan fingerprint density at radius 2 is 2.00 bits per heavy atom. The van der Waals surface area contributed by atoms with Gasteiger partial charge >= 0.3 is 5.97 Å². The van der Waals surface area contributed by atoms with Gasteiger partial charge in [0.25, 0.3) is 0 Å². The molecule has 1 heterocycles. The van der Waals surface area contributed by atoms with Crippen LogP contribution in [0.2, 0.25) is 5.02 Å². The van der Waals surface area contributed by atoms with Crippen LogP contribution in [0.1, 0.15) is 19.4 Å². The number of carbonyl (C=O) groups excluding carboxylic acids is 2. The van der Waals surface area contributed by atoms with Crippen molar-refractivity contribution in [1.29, 1.82) is 0 Å². The zero-order valence-corrected chi connectivity index (χ0v) is 18.6. The third kappa shape index (κ3) is 4.12. The second-order valence-corrected chi connectivity index (χ2v) is 8.48. The summed E-state index contributed by atoms with van der Waals surface area (Å²) in [6.07, 6.45) is 2.54. The highest BCUT2D eigenvalue weighted by Gasteiger charge is 2.52. The fourth-order valence-corrected chi connectivity index (χ4v) is 4.27. The molecular formula is C23H24ClFNO6+. The number of nitrogens with zero attached hydrogens (tertiary/aromatic N) is 1. The topological polar surface area (TPSA) is 104 Å². The van der Waals surface area contributed by atoms with Crippen LogP contribution in [0.5, 0.6) is 0 Å². The molecule has 7 nitrogen and oxygen atoms in total. The van der Waals surface area contributed by atoms with E-state index in [0.717, 1.165) is 0 Å². The number of carboxylic acids is 1. The Morgan fingerprint density at radius 3 is 2.56 bits per heavy atom. The SMILES string of the molecule is COC1=C(Cc2cccc(Cl)c2F)C(=O)C2C(=O)C(C(=O)O)C=[N+]([C@H](CO)C(C)C)C2=C1. The van der Waals surface area contributed by atoms with Crippen molar-refractivity contribution in [1.82, 2.24) is 0 Å². The number of methoxy groups -OCH3 is 1. The molecule has 0 amide bonds. The van der Waals surface area contributed by atoms with E-state index in [1.165, 1.54) is 36.1 Å². The minimum absolute atomic E-state index is 0.0480. The van der Waals surface area contributed by atoms with Crippen molar-refractivity contribution in [3.05, 3.63) is 57.7 Å². The van der Waals surface area contributed by atoms with Gasteiger partial charge in [-0.3, -0.25) is 14.4 Å². The first-order chi connectivity index (χ1) is 15.1. The summed E-state index contributed by atoms with van der Waals surface area (Å²) in [6, 6.07) is 3.83. The van der Waals surface area contributed by atoms with Crippen molar-refractivity contribution in [3.8, 4) is 0 Å². The van der Waals surface area contributed by atoms with E-state index >= 15 is 0 Å². The van der Waals surface area contributed by atoms with Gasteiger partial charge in [-0.05, 0) is 11.6 Å². The lowest BCUT2D eigenvalue weighted by atomic mass is 9.77. The largest absolute Gasteiger partial charge is 0.496 e. The predicted octanol–water partition coefficient (Wildman–Crippen LogP) is 2.39. The number of aliphatic hydroxyl groups excluding tert-OH is 1. The highest BCUT2D eigenvalue weighted by molar-refractivity contribution is 6.30. The summed E-state index contributed by atoms with van der Waals surface area (Å²) in [5.74, 6) is -6.46. The number of allylic oxidation sites excluding steroid dienone is 3. The monoisotopic (exact) mass is 464 g/mol. The third-order valence-corrected chi connectivity index (χ3v) is 6.12. The average molecular weight is 465 g/mol. The van der Waals surface area contributed by atoms with Crippen molar-refractivity contribution in [2.75, 3.05) is 13.7 Å². The van der Waals surface area contributed by atoms with Gasteiger partial charge in [0.2, 0.25) is 5.70 Å². The Balaban J connectivity index is 2.18. The van der Waals surface area contributed by atoms with E-state index in [-0.39, 0.29) is 46.6 Å². The molecule has 0 saturated heterocycles. The molecule has 170 valence electrons. The summed E-state index contributed by atoms with van der Waals surface area (Å²) in [5, 5.41) is 19.4. The van der Waals surface area contributed by atoms with Crippen LogP contribution in [0.3, 0.4) is 0 Å². The lowest BCUT2D eigenvalue weighted by molar-refractivity contribution is -0.534. The van der Waals surface area contributed by atoms with E-state index in [4.69, 9.17) is 16.3 Å². The number of benzene rings is 1. The van der Waals surface area contributed by atoms with Crippen LogP contribution in [-0.2, 0) is 25.5 Å². The number of hydrogen-bond donors (Lipinski definition) is 2. The summed E-state index contributed by atoms with van der Waals surface area (Å²) < 4.78 is 21.4. The summed E-state index contributed by atoms with van der Waals surface area (Å²) in [4.78, 5) is 38.3. The molecule has 1 aliphatic heterocycles. The molecule has 9 heteroatoms. The van der Waals surface area contributed by atoms with Crippen LogP contribution in [-0.4, -0.2) is 58.3 Å². The number of aliphatic carboxylic acids is 1. The first kappa shape index (κ1) is 23.8. The molecule has 32 heavy (non-hydrogen) atoms. The van der Waals surface area contributed by atoms with Crippen molar-refractivity contribution < 1.29 is 38.3 Å². The Kier molecular flexibility index (Phi) is 6.95. The molecule has 0 radical (unpaired) electrons. The number of Topliss-reactive ketones (excluding diaryl/α,β-unsaturated/α-hetero) is 2. The van der Waals surface area contributed by atoms with Crippen LogP contribution >= 0.6 is 11.6 Å². The van der Waals surface area contributed by atoms with Gasteiger partial charge < -0.3 is 14.9 Å². The van der Waals surface area contributed by atoms with Crippen molar-refractivity contribution >= 4 is 35.4 Å². The Bertz CT molecular complexity index is 1070. The quantitative estimate of drug-likeness (QED) is 0.474. The molecule has 1 aromatic rings. The molecule has 1 aliphatic carbocycles. The van der Waals surface area contributed by atoms with E-state index in [1.807, 2.05) is 13.8 Å². The number of fused-ring (bicyclic) bond motifs is 1. The number of ketones is 2. The molecule has 0 bridgehead atoms. The first-order valence-corrected chi connectivity index (χ1v) is 10.5. The molecule has 3 rings (SSSR count). The van der Waals surface area contributed by atoms with Gasteiger partial charge in [0.1, 0.15) is 18.2 Å². The van der Waals surface area contributed by atoms with E-state index in [0.29, 0.717) is 0 Å². The number of rotatable bonds is 7. The third-order valence-electron chi connectivity index (χ3n) is 5.83. The standard InChI is InChI=1S/C23H23ClFNO6/c1-11(2)17(10-27)26-9-14(23(30)31)22(29)19-16(26)8-18(32-3)13(21(19)28)7-12-5-4-6-15(24)20(12)25/h4-6,8-9,11,14,17,19,27H,7,10H2,1-3H3/p+1/t14?,17-,19?/m1/s1. The molecule has 2 aliphatic rings. The van der Waals surface area contributed by atoms with Crippen molar-refractivity contribution in [3.63, 3.8) is 0 Å². The first-order valence-electron chi connectivity index (χ1n) is 10.1. The summed E-state index contributed by atoms with van der Waals surface area (Å²) >= 11 is 5.85. The van der Waals surface area contributed by atoms with Gasteiger partial charge in [-0.15, -0.1) is 0 Å². The van der Waals surface area contributed by atoms with Crippen molar-refractivity contribution in [2.24, 2.45) is 17.8 Å². The molecule has 0 spiro atoms. The molecular weight excluding hydrogens is 441 g/mol. The Hall–Kier alpha value is -2.84. The zero-order chi connectivity index (χ0) is 23.7. The Morgan fingerprint density at radius 1 is 1.31 bits per heavy atom. The van der Waals surface area contributed by atoms with Crippen LogP contribution < -0.4 is 0 Å². The molecule has 0 aromatic heterocycles. The fourth-order valence-electron chi connectivity index (χ4n) is 4.07. The molecule has 2 N–H and O–H groups in total. The number of ether oxygens (including phenoxy) is 1. The van der Waals surface area contributed by atoms with Gasteiger partial charge in [0, 0.05) is 24.0 Å². The van der Waals surface area contributed by atoms with Crippen molar-refractivity contribution in [2.45, 2.75) is 26.3 Å². The average Bonchev–Trinajstić information content (AvgIpc) is 2.74. The Labute approximate surface area is 189 Å². The van der Waals surface area contributed by atoms with E-state index in [1.54, 1.807) is 6.07 Å². The van der Waals surface area contributed by atoms with Gasteiger partial charge in [-0.25, -0.2) is 4.39 Å². The van der Waals surface area contributed by atoms with Crippen LogP contribution in [0, 0.1) is 23.6 Å². The van der Waals surface area contributed by atoms with Crippen LogP contribution in [0.4, 0.5) is 4.39 Å². The second kappa shape index (κ2) is 9.34. The predicted molar refractivity (Wildman–Crippen MR) is 114 cm³/mol. The van der Waals surface area contributed by atoms with Gasteiger partial charge in [-0.1, -0.05) is 37.6 Å². The van der Waals surface area contributed by atoms with Gasteiger partial charge in [0.05, 0.1) is 12.1 Å². The number of hydrogen-bond acceptors (Lipinski definition) is 5. The zero-order valence-electron chi connectivity index (χ0n) is 17.8. The molecule has 1 aromatic carbocycles. The smallest absolute Gasteiger partial charge is 0.324 e. The number of aliphatic hydroxyl groups is 1. The lowest BCUT2D eigenvalue weighted by Gasteiger charge is -2.30. The maximum Gasteiger partial charge on any atom is 0.324 e. The fraction of sp³-hybridized carbons (Fsp3) is 0.391.